The number of rotatable bonds is 8. The van der Waals surface area contributed by atoms with Gasteiger partial charge in [0.1, 0.15) is 11.6 Å². The van der Waals surface area contributed by atoms with Crippen molar-refractivity contribution >= 4 is 23.4 Å². The highest BCUT2D eigenvalue weighted by Gasteiger charge is 2.34. The largest absolute Gasteiger partial charge is 0.484 e. The fourth-order valence-electron chi connectivity index (χ4n) is 2.01. The molecule has 0 radical (unpaired) electrons. The first-order valence-electron chi connectivity index (χ1n) is 8.29. The van der Waals surface area contributed by atoms with Crippen molar-refractivity contribution in [3.8, 4) is 5.75 Å². The highest BCUT2D eigenvalue weighted by molar-refractivity contribution is 6.30. The lowest BCUT2D eigenvalue weighted by Crippen LogP contribution is -2.31. The Morgan fingerprint density at radius 2 is 1.87 bits per heavy atom. The molecule has 0 bridgehead atoms. The third-order valence-corrected chi connectivity index (χ3v) is 3.77. The number of hydrogen-bond acceptors (Lipinski definition) is 5. The van der Waals surface area contributed by atoms with Crippen molar-refractivity contribution in [2.75, 3.05) is 13.2 Å². The molecule has 1 heterocycles. The predicted octanol–water partition coefficient (Wildman–Crippen LogP) is 3.12. The van der Waals surface area contributed by atoms with Crippen LogP contribution in [0.2, 0.25) is 5.02 Å². The highest BCUT2D eigenvalue weighted by atomic mass is 35.5. The summed E-state index contributed by atoms with van der Waals surface area (Å²) in [5.74, 6) is -3.15. The molecule has 0 fully saturated rings. The van der Waals surface area contributed by atoms with Crippen LogP contribution in [0.5, 0.6) is 5.75 Å². The number of halogens is 5. The monoisotopic (exact) mass is 446 g/mol. The van der Waals surface area contributed by atoms with Gasteiger partial charge in [-0.2, -0.15) is 13.2 Å². The Labute approximate surface area is 173 Å². The summed E-state index contributed by atoms with van der Waals surface area (Å²) >= 11 is 5.54. The van der Waals surface area contributed by atoms with Gasteiger partial charge < -0.3 is 15.4 Å². The highest BCUT2D eigenvalue weighted by Crippen LogP contribution is 2.25. The molecule has 2 rings (SSSR count). The van der Waals surface area contributed by atoms with Gasteiger partial charge in [-0.1, -0.05) is 18.2 Å². The van der Waals surface area contributed by atoms with Gasteiger partial charge in [0.05, 0.1) is 10.6 Å². The van der Waals surface area contributed by atoms with Gasteiger partial charge in [0, 0.05) is 37.1 Å². The van der Waals surface area contributed by atoms with Gasteiger partial charge in [-0.25, -0.2) is 14.4 Å². The maximum absolute atomic E-state index is 13.3. The second-order valence-electron chi connectivity index (χ2n) is 5.82. The molecule has 0 unspecified atom stereocenters. The Bertz CT molecular complexity index is 936. The zero-order valence-corrected chi connectivity index (χ0v) is 16.0. The Kier molecular flexibility index (Phi) is 7.70. The SMILES string of the molecule is C=C(CCNC(=O)COc1ccc(Cl)c(F)c1)NC(=O)c1cnc(C(F)(F)F)nc1. The standard InChI is InChI=1S/C18H15ClF4N4O3/c1-10(27-16(29)11-7-25-17(26-8-11)18(21,22)23)4-5-24-15(28)9-30-12-2-3-13(19)14(20)6-12/h2-3,6-8H,1,4-5,9H2,(H,24,28)(H,27,29). The zero-order chi connectivity index (χ0) is 22.3. The minimum absolute atomic E-state index is 0.0739. The molecule has 0 saturated carbocycles. The Hall–Kier alpha value is -3.21. The number of amides is 2. The van der Waals surface area contributed by atoms with E-state index >= 15 is 0 Å². The fourth-order valence-corrected chi connectivity index (χ4v) is 2.12. The molecule has 2 amide bonds. The van der Waals surface area contributed by atoms with Gasteiger partial charge in [-0.05, 0) is 12.1 Å². The topological polar surface area (TPSA) is 93.2 Å². The van der Waals surface area contributed by atoms with Crippen LogP contribution in [-0.2, 0) is 11.0 Å². The minimum Gasteiger partial charge on any atom is -0.484 e. The summed E-state index contributed by atoms with van der Waals surface area (Å²) < 4.78 is 55.6. The normalized spacial score (nSPS) is 11.0. The van der Waals surface area contributed by atoms with Crippen LogP contribution in [0, 0.1) is 5.82 Å². The summed E-state index contributed by atoms with van der Waals surface area (Å²) in [7, 11) is 0. The quantitative estimate of drug-likeness (QED) is 0.608. The lowest BCUT2D eigenvalue weighted by molar-refractivity contribution is -0.145. The Morgan fingerprint density at radius 1 is 1.20 bits per heavy atom. The average Bonchev–Trinajstić information content (AvgIpc) is 2.68. The number of benzene rings is 1. The van der Waals surface area contributed by atoms with E-state index in [1.807, 2.05) is 0 Å². The van der Waals surface area contributed by atoms with Crippen LogP contribution in [-0.4, -0.2) is 34.9 Å². The molecule has 0 aliphatic carbocycles. The summed E-state index contributed by atoms with van der Waals surface area (Å²) in [6, 6.07) is 3.73. The smallest absolute Gasteiger partial charge is 0.451 e. The number of ether oxygens (including phenoxy) is 1. The molecular weight excluding hydrogens is 432 g/mol. The van der Waals surface area contributed by atoms with Gasteiger partial charge in [-0.3, -0.25) is 9.59 Å². The molecule has 0 aliphatic heterocycles. The van der Waals surface area contributed by atoms with Crippen LogP contribution >= 0.6 is 11.6 Å². The molecule has 1 aromatic heterocycles. The van der Waals surface area contributed by atoms with Gasteiger partial charge in [0.15, 0.2) is 6.61 Å². The minimum atomic E-state index is -4.71. The maximum Gasteiger partial charge on any atom is 0.451 e. The van der Waals surface area contributed by atoms with Crippen molar-refractivity contribution in [3.63, 3.8) is 0 Å². The van der Waals surface area contributed by atoms with Crippen molar-refractivity contribution < 1.29 is 31.9 Å². The van der Waals surface area contributed by atoms with Crippen molar-refractivity contribution in [1.82, 2.24) is 20.6 Å². The number of alkyl halides is 3. The molecule has 0 saturated heterocycles. The van der Waals surface area contributed by atoms with E-state index in [0.717, 1.165) is 18.5 Å². The van der Waals surface area contributed by atoms with Crippen LogP contribution in [0.25, 0.3) is 0 Å². The van der Waals surface area contributed by atoms with E-state index in [1.165, 1.54) is 12.1 Å². The Morgan fingerprint density at radius 3 is 2.47 bits per heavy atom. The average molecular weight is 447 g/mol. The van der Waals surface area contributed by atoms with Gasteiger partial charge in [-0.15, -0.1) is 0 Å². The third-order valence-electron chi connectivity index (χ3n) is 3.47. The molecule has 30 heavy (non-hydrogen) atoms. The van der Waals surface area contributed by atoms with Crippen molar-refractivity contribution in [1.29, 1.82) is 0 Å². The molecule has 1 aromatic carbocycles. The first-order chi connectivity index (χ1) is 14.1. The molecule has 12 heteroatoms. The van der Waals surface area contributed by atoms with E-state index in [0.29, 0.717) is 0 Å². The fraction of sp³-hybridized carbons (Fsp3) is 0.222. The number of carbonyl (C=O) groups is 2. The lowest BCUT2D eigenvalue weighted by atomic mass is 10.2. The molecule has 2 aromatic rings. The van der Waals surface area contributed by atoms with E-state index in [1.54, 1.807) is 0 Å². The summed E-state index contributed by atoms with van der Waals surface area (Å²) in [6.45, 7) is 3.32. The molecule has 0 spiro atoms. The van der Waals surface area contributed by atoms with Crippen LogP contribution in [0.3, 0.4) is 0 Å². The van der Waals surface area contributed by atoms with E-state index in [9.17, 15) is 27.2 Å². The molecule has 0 aliphatic rings. The first-order valence-corrected chi connectivity index (χ1v) is 8.67. The molecular formula is C18H15ClF4N4O3. The number of nitrogens with one attached hydrogen (secondary N) is 2. The summed E-state index contributed by atoms with van der Waals surface area (Å²) in [6.07, 6.45) is -3.06. The first kappa shape index (κ1) is 23.1. The van der Waals surface area contributed by atoms with E-state index in [-0.39, 0.29) is 41.6 Å². The van der Waals surface area contributed by atoms with Gasteiger partial charge in [0.25, 0.3) is 11.8 Å². The summed E-state index contributed by atoms with van der Waals surface area (Å²) in [5.41, 5.74) is 0.0256. The molecule has 7 nitrogen and oxygen atoms in total. The second-order valence-corrected chi connectivity index (χ2v) is 6.22. The summed E-state index contributed by atoms with van der Waals surface area (Å²) in [5, 5.41) is 4.79. The van der Waals surface area contributed by atoms with Crippen LogP contribution in [0.4, 0.5) is 17.6 Å². The van der Waals surface area contributed by atoms with Gasteiger partial charge in [0.2, 0.25) is 5.82 Å². The Balaban J connectivity index is 1.71. The van der Waals surface area contributed by atoms with E-state index in [4.69, 9.17) is 16.3 Å². The van der Waals surface area contributed by atoms with Crippen LogP contribution in [0.1, 0.15) is 22.6 Å². The second kappa shape index (κ2) is 10.0. The summed E-state index contributed by atoms with van der Waals surface area (Å²) in [4.78, 5) is 29.9. The zero-order valence-electron chi connectivity index (χ0n) is 15.2. The number of hydrogen-bond donors (Lipinski definition) is 2. The number of aromatic nitrogens is 2. The predicted molar refractivity (Wildman–Crippen MR) is 98.2 cm³/mol. The van der Waals surface area contributed by atoms with Crippen LogP contribution < -0.4 is 15.4 Å². The van der Waals surface area contributed by atoms with Gasteiger partial charge >= 0.3 is 6.18 Å². The van der Waals surface area contributed by atoms with E-state index < -0.39 is 29.6 Å². The number of nitrogens with zero attached hydrogens (tertiary/aromatic N) is 2. The molecule has 0 atom stereocenters. The molecule has 160 valence electrons. The van der Waals surface area contributed by atoms with Crippen LogP contribution in [0.15, 0.2) is 42.9 Å². The number of carbonyl (C=O) groups excluding carboxylic acids is 2. The van der Waals surface area contributed by atoms with Crippen molar-refractivity contribution in [2.45, 2.75) is 12.6 Å². The van der Waals surface area contributed by atoms with Crippen molar-refractivity contribution in [2.24, 2.45) is 0 Å². The lowest BCUT2D eigenvalue weighted by Gasteiger charge is -2.10. The third kappa shape index (κ3) is 6.99. The van der Waals surface area contributed by atoms with Crippen molar-refractivity contribution in [3.05, 3.63) is 65.1 Å². The maximum atomic E-state index is 13.3. The van der Waals surface area contributed by atoms with E-state index in [2.05, 4.69) is 27.2 Å². The molecule has 2 N–H and O–H groups in total.